The Kier molecular flexibility index (Phi) is 2.71. The van der Waals surface area contributed by atoms with Crippen LogP contribution in [0.15, 0.2) is 35.6 Å². The second-order valence-electron chi connectivity index (χ2n) is 3.98. The molecule has 0 unspecified atom stereocenters. The number of anilines is 1. The molecule has 0 saturated carbocycles. The lowest BCUT2D eigenvalue weighted by atomic mass is 10.3. The second kappa shape index (κ2) is 4.53. The lowest BCUT2D eigenvalue weighted by molar-refractivity contribution is 0.102. The molecular weight excluding hydrogens is 262 g/mol. The van der Waals surface area contributed by atoms with Gasteiger partial charge in [-0.05, 0) is 12.1 Å². The van der Waals surface area contributed by atoms with Crippen LogP contribution < -0.4 is 11.0 Å². The third-order valence-electron chi connectivity index (χ3n) is 2.63. The molecule has 9 heteroatoms. The Labute approximate surface area is 111 Å². The highest BCUT2D eigenvalue weighted by Crippen LogP contribution is 2.08. The summed E-state index contributed by atoms with van der Waals surface area (Å²) in [6, 6.07) is 3.38. The molecule has 1 amide bonds. The van der Waals surface area contributed by atoms with Crippen molar-refractivity contribution < 1.29 is 4.79 Å². The van der Waals surface area contributed by atoms with Gasteiger partial charge in [0.15, 0.2) is 11.3 Å². The van der Waals surface area contributed by atoms with Crippen LogP contribution in [-0.2, 0) is 7.05 Å². The summed E-state index contributed by atoms with van der Waals surface area (Å²) in [5.41, 5.74) is 0.229. The van der Waals surface area contributed by atoms with Crippen LogP contribution in [0.2, 0.25) is 0 Å². The van der Waals surface area contributed by atoms with Crippen molar-refractivity contribution in [2.75, 3.05) is 5.32 Å². The van der Waals surface area contributed by atoms with Crippen molar-refractivity contribution >= 4 is 17.2 Å². The zero-order valence-corrected chi connectivity index (χ0v) is 10.4. The van der Waals surface area contributed by atoms with Gasteiger partial charge < -0.3 is 5.32 Å². The first kappa shape index (κ1) is 12.0. The molecule has 3 heterocycles. The summed E-state index contributed by atoms with van der Waals surface area (Å²) in [6.45, 7) is 0. The molecule has 0 aliphatic rings. The standard InChI is InChI=1S/C11H9N7O2/c1-17-11(20)18-6-13-8(9(18)15-16-17)10(19)14-7-3-2-4-12-5-7/h2-6H,1H3,(H,14,19). The average molecular weight is 271 g/mol. The van der Waals surface area contributed by atoms with Crippen molar-refractivity contribution in [1.29, 1.82) is 0 Å². The van der Waals surface area contributed by atoms with Gasteiger partial charge in [0, 0.05) is 13.2 Å². The number of amides is 1. The van der Waals surface area contributed by atoms with E-state index >= 15 is 0 Å². The molecule has 0 bridgehead atoms. The van der Waals surface area contributed by atoms with Gasteiger partial charge in [0.25, 0.3) is 5.91 Å². The molecule has 0 aliphatic heterocycles. The van der Waals surface area contributed by atoms with E-state index in [4.69, 9.17) is 0 Å². The van der Waals surface area contributed by atoms with Crippen molar-refractivity contribution in [3.63, 3.8) is 0 Å². The molecule has 0 fully saturated rings. The van der Waals surface area contributed by atoms with Gasteiger partial charge in [-0.1, -0.05) is 5.21 Å². The predicted molar refractivity (Wildman–Crippen MR) is 68.2 cm³/mol. The Morgan fingerprint density at radius 3 is 3.00 bits per heavy atom. The molecule has 20 heavy (non-hydrogen) atoms. The molecule has 1 N–H and O–H groups in total. The molecular formula is C11H9N7O2. The maximum atomic E-state index is 12.1. The van der Waals surface area contributed by atoms with Gasteiger partial charge >= 0.3 is 5.69 Å². The van der Waals surface area contributed by atoms with Crippen molar-refractivity contribution in [1.82, 2.24) is 29.4 Å². The second-order valence-corrected chi connectivity index (χ2v) is 3.98. The van der Waals surface area contributed by atoms with Crippen LogP contribution in [0, 0.1) is 0 Å². The maximum absolute atomic E-state index is 12.1. The topological polar surface area (TPSA) is 107 Å². The Hall–Kier alpha value is -3.10. The monoisotopic (exact) mass is 271 g/mol. The Bertz CT molecular complexity index is 837. The Morgan fingerprint density at radius 1 is 1.40 bits per heavy atom. The quantitative estimate of drug-likeness (QED) is 0.671. The predicted octanol–water partition coefficient (Wildman–Crippen LogP) is -0.530. The van der Waals surface area contributed by atoms with E-state index in [0.29, 0.717) is 5.69 Å². The number of carbonyl (C=O) groups is 1. The molecule has 9 nitrogen and oxygen atoms in total. The summed E-state index contributed by atoms with van der Waals surface area (Å²) < 4.78 is 2.21. The lowest BCUT2D eigenvalue weighted by Gasteiger charge is -2.02. The highest BCUT2D eigenvalue weighted by atomic mass is 16.2. The summed E-state index contributed by atoms with van der Waals surface area (Å²) in [4.78, 5) is 31.7. The molecule has 0 aliphatic carbocycles. The first-order chi connectivity index (χ1) is 9.66. The normalized spacial score (nSPS) is 10.7. The van der Waals surface area contributed by atoms with Gasteiger partial charge in [-0.2, -0.15) is 4.68 Å². The Balaban J connectivity index is 2.01. The highest BCUT2D eigenvalue weighted by Gasteiger charge is 2.17. The smallest absolute Gasteiger partial charge is 0.319 e. The number of hydrogen-bond acceptors (Lipinski definition) is 6. The fourth-order valence-electron chi connectivity index (χ4n) is 1.67. The third kappa shape index (κ3) is 1.90. The number of carbonyl (C=O) groups excluding carboxylic acids is 1. The van der Waals surface area contributed by atoms with Crippen LogP contribution in [0.5, 0.6) is 0 Å². The highest BCUT2D eigenvalue weighted by molar-refractivity contribution is 6.06. The minimum absolute atomic E-state index is 0.0269. The van der Waals surface area contributed by atoms with Crippen LogP contribution >= 0.6 is 0 Å². The number of hydrogen-bond donors (Lipinski definition) is 1. The van der Waals surface area contributed by atoms with E-state index in [1.165, 1.54) is 19.6 Å². The van der Waals surface area contributed by atoms with E-state index in [9.17, 15) is 9.59 Å². The van der Waals surface area contributed by atoms with E-state index in [1.54, 1.807) is 18.3 Å². The van der Waals surface area contributed by atoms with E-state index in [0.717, 1.165) is 9.08 Å². The minimum Gasteiger partial charge on any atom is -0.319 e. The third-order valence-corrected chi connectivity index (χ3v) is 2.63. The number of fused-ring (bicyclic) bond motifs is 1. The number of aryl methyl sites for hydroxylation is 1. The number of pyridine rings is 1. The molecule has 3 aromatic rings. The summed E-state index contributed by atoms with van der Waals surface area (Å²) in [5, 5.41) is 10.0. The zero-order valence-electron chi connectivity index (χ0n) is 10.4. The molecule has 100 valence electrons. The number of aromatic nitrogens is 6. The van der Waals surface area contributed by atoms with Gasteiger partial charge in [0.2, 0.25) is 0 Å². The van der Waals surface area contributed by atoms with Gasteiger partial charge in [0.1, 0.15) is 6.33 Å². The van der Waals surface area contributed by atoms with Crippen molar-refractivity contribution in [3.05, 3.63) is 47.0 Å². The van der Waals surface area contributed by atoms with Crippen LogP contribution in [0.1, 0.15) is 10.5 Å². The maximum Gasteiger partial charge on any atom is 0.352 e. The molecule has 0 spiro atoms. The number of nitrogens with zero attached hydrogens (tertiary/aromatic N) is 6. The van der Waals surface area contributed by atoms with E-state index < -0.39 is 11.6 Å². The van der Waals surface area contributed by atoms with Gasteiger partial charge in [0.05, 0.1) is 11.9 Å². The zero-order chi connectivity index (χ0) is 14.1. The largest absolute Gasteiger partial charge is 0.352 e. The molecule has 0 saturated heterocycles. The first-order valence-electron chi connectivity index (χ1n) is 5.65. The number of imidazole rings is 1. The van der Waals surface area contributed by atoms with Crippen LogP contribution in [0.3, 0.4) is 0 Å². The van der Waals surface area contributed by atoms with Crippen molar-refractivity contribution in [2.45, 2.75) is 0 Å². The summed E-state index contributed by atoms with van der Waals surface area (Å²) in [7, 11) is 1.46. The molecule has 3 aromatic heterocycles. The summed E-state index contributed by atoms with van der Waals surface area (Å²) in [5.74, 6) is -0.483. The van der Waals surface area contributed by atoms with Crippen LogP contribution in [-0.4, -0.2) is 35.3 Å². The number of nitrogens with one attached hydrogen (secondary N) is 1. The molecule has 3 rings (SSSR count). The average Bonchev–Trinajstić information content (AvgIpc) is 2.89. The Morgan fingerprint density at radius 2 is 2.25 bits per heavy atom. The number of rotatable bonds is 2. The summed E-state index contributed by atoms with van der Waals surface area (Å²) in [6.07, 6.45) is 4.34. The molecule has 0 aromatic carbocycles. The van der Waals surface area contributed by atoms with Gasteiger partial charge in [-0.25, -0.2) is 14.2 Å². The van der Waals surface area contributed by atoms with Crippen molar-refractivity contribution in [3.8, 4) is 0 Å². The fraction of sp³-hybridized carbons (Fsp3) is 0.0909. The van der Waals surface area contributed by atoms with Crippen molar-refractivity contribution in [2.24, 2.45) is 7.05 Å². The van der Waals surface area contributed by atoms with E-state index in [-0.39, 0.29) is 11.3 Å². The fourth-order valence-corrected chi connectivity index (χ4v) is 1.67. The summed E-state index contributed by atoms with van der Waals surface area (Å²) >= 11 is 0. The van der Waals surface area contributed by atoms with Gasteiger partial charge in [-0.3, -0.25) is 9.78 Å². The van der Waals surface area contributed by atoms with E-state index in [2.05, 4.69) is 25.6 Å². The van der Waals surface area contributed by atoms with Crippen LogP contribution in [0.25, 0.3) is 5.65 Å². The van der Waals surface area contributed by atoms with E-state index in [1.807, 2.05) is 0 Å². The molecule has 0 atom stereocenters. The SMILES string of the molecule is Cn1nnc2c(C(=O)Nc3cccnc3)ncn2c1=O. The molecule has 0 radical (unpaired) electrons. The van der Waals surface area contributed by atoms with Crippen LogP contribution in [0.4, 0.5) is 5.69 Å². The minimum atomic E-state index is -0.483. The van der Waals surface area contributed by atoms with Gasteiger partial charge in [-0.15, -0.1) is 5.10 Å². The lowest BCUT2D eigenvalue weighted by Crippen LogP contribution is -2.27. The first-order valence-corrected chi connectivity index (χ1v) is 5.65.